The van der Waals surface area contributed by atoms with E-state index >= 15 is 0 Å². The van der Waals surface area contributed by atoms with Crippen LogP contribution in [0.5, 0.6) is 0 Å². The number of nitrogens with zero attached hydrogens (tertiary/aromatic N) is 2. The molecule has 2 aromatic heterocycles. The van der Waals surface area contributed by atoms with E-state index in [1.165, 1.54) is 0 Å². The summed E-state index contributed by atoms with van der Waals surface area (Å²) in [4.78, 5) is 12.4. The number of aliphatic hydroxyl groups is 1. The molecular weight excluding hydrogens is 440 g/mol. The van der Waals surface area contributed by atoms with Crippen molar-refractivity contribution in [2.24, 2.45) is 0 Å². The first-order valence-electron chi connectivity index (χ1n) is 9.85. The lowest BCUT2D eigenvalue weighted by molar-refractivity contribution is -0.404. The first-order chi connectivity index (χ1) is 15.0. The molecule has 0 bridgehead atoms. The van der Waals surface area contributed by atoms with Gasteiger partial charge >= 0.3 is 0 Å². The Balaban J connectivity index is 1.61. The van der Waals surface area contributed by atoms with Gasteiger partial charge in [0.15, 0.2) is 5.82 Å². The summed E-state index contributed by atoms with van der Waals surface area (Å²) in [7, 11) is 4.00. The number of hydrogen-bond acceptors (Lipinski definition) is 10. The highest BCUT2D eigenvalue weighted by atomic mass is 32.2. The minimum absolute atomic E-state index is 0.107. The Kier molecular flexibility index (Phi) is 11.4. The van der Waals surface area contributed by atoms with Crippen LogP contribution in [0.15, 0.2) is 45.1 Å². The Hall–Kier alpha value is -2.08. The molecule has 0 aliphatic heterocycles. The lowest BCUT2D eigenvalue weighted by Crippen LogP contribution is -2.30. The standard InChI is InChI=1S/C20H30N4O5S2/c1-23(2)11-16-3-5-18(28-16)14-30-9-7-21-20(12-24(26)27)22-8-10-31-15-19-6-4-17(13-25)29-19/h3-6,12,21-22,25H,7-11,13-15H2,1-2H3/b20-12-. The van der Waals surface area contributed by atoms with Gasteiger partial charge in [0.25, 0.3) is 6.20 Å². The molecule has 0 aliphatic carbocycles. The monoisotopic (exact) mass is 470 g/mol. The fourth-order valence-electron chi connectivity index (χ4n) is 2.60. The van der Waals surface area contributed by atoms with E-state index in [9.17, 15) is 10.1 Å². The van der Waals surface area contributed by atoms with Crippen molar-refractivity contribution in [1.82, 2.24) is 15.5 Å². The molecule has 0 atom stereocenters. The van der Waals surface area contributed by atoms with Gasteiger partial charge in [-0.05, 0) is 38.4 Å². The Labute approximate surface area is 190 Å². The van der Waals surface area contributed by atoms with Gasteiger partial charge in [-0.1, -0.05) is 0 Å². The average molecular weight is 471 g/mol. The van der Waals surface area contributed by atoms with Crippen LogP contribution in [-0.4, -0.2) is 53.6 Å². The lowest BCUT2D eigenvalue weighted by Gasteiger charge is -2.11. The van der Waals surface area contributed by atoms with Gasteiger partial charge in [-0.2, -0.15) is 23.5 Å². The summed E-state index contributed by atoms with van der Waals surface area (Å²) in [5.74, 6) is 6.62. The molecule has 2 aromatic rings. The van der Waals surface area contributed by atoms with Crippen molar-refractivity contribution in [3.05, 3.63) is 69.4 Å². The largest absolute Gasteiger partial charge is 0.464 e. The molecule has 2 rings (SSSR count). The number of hydrogen-bond donors (Lipinski definition) is 3. The van der Waals surface area contributed by atoms with E-state index in [1.54, 1.807) is 29.6 Å². The molecular formula is C20H30N4O5S2. The van der Waals surface area contributed by atoms with Crippen LogP contribution in [-0.2, 0) is 24.7 Å². The van der Waals surface area contributed by atoms with Crippen LogP contribution in [0.1, 0.15) is 23.0 Å². The second kappa shape index (κ2) is 14.1. The minimum atomic E-state index is -0.468. The van der Waals surface area contributed by atoms with Crippen molar-refractivity contribution in [3.8, 4) is 0 Å². The summed E-state index contributed by atoms with van der Waals surface area (Å²) in [5, 5.41) is 26.0. The minimum Gasteiger partial charge on any atom is -0.464 e. The van der Waals surface area contributed by atoms with Crippen molar-refractivity contribution in [2.45, 2.75) is 24.7 Å². The number of aliphatic hydroxyl groups excluding tert-OH is 1. The Morgan fingerprint density at radius 1 is 1.03 bits per heavy atom. The van der Waals surface area contributed by atoms with E-state index in [1.807, 2.05) is 32.3 Å². The van der Waals surface area contributed by atoms with Gasteiger partial charge in [0.05, 0.1) is 23.0 Å². The van der Waals surface area contributed by atoms with Gasteiger partial charge in [-0.15, -0.1) is 0 Å². The van der Waals surface area contributed by atoms with Gasteiger partial charge < -0.3 is 29.5 Å². The third-order valence-electron chi connectivity index (χ3n) is 3.91. The molecule has 0 fully saturated rings. The highest BCUT2D eigenvalue weighted by molar-refractivity contribution is 7.98. The molecule has 0 aromatic carbocycles. The van der Waals surface area contributed by atoms with Crippen molar-refractivity contribution in [1.29, 1.82) is 0 Å². The normalized spacial score (nSPS) is 11.8. The van der Waals surface area contributed by atoms with E-state index < -0.39 is 4.92 Å². The molecule has 0 unspecified atom stereocenters. The first-order valence-corrected chi connectivity index (χ1v) is 12.2. The van der Waals surface area contributed by atoms with E-state index in [2.05, 4.69) is 15.5 Å². The third kappa shape index (κ3) is 10.7. The second-order valence-corrected chi connectivity index (χ2v) is 9.13. The second-order valence-electron chi connectivity index (χ2n) is 6.92. The SMILES string of the molecule is CN(C)Cc1ccc(CSCCN/C(=C/[N+](=O)[O-])NCCSCc2ccc(CO)o2)o1. The van der Waals surface area contributed by atoms with Crippen LogP contribution in [0.3, 0.4) is 0 Å². The van der Waals surface area contributed by atoms with Crippen molar-refractivity contribution in [2.75, 3.05) is 38.7 Å². The van der Waals surface area contributed by atoms with E-state index in [0.29, 0.717) is 30.4 Å². The zero-order chi connectivity index (χ0) is 22.5. The quantitative estimate of drug-likeness (QED) is 0.192. The number of furan rings is 2. The van der Waals surface area contributed by atoms with Crippen LogP contribution >= 0.6 is 23.5 Å². The summed E-state index contributed by atoms with van der Waals surface area (Å²) in [5.41, 5.74) is 0. The van der Waals surface area contributed by atoms with Gasteiger partial charge in [0, 0.05) is 24.6 Å². The molecule has 11 heteroatoms. The molecule has 2 heterocycles. The van der Waals surface area contributed by atoms with E-state index in [4.69, 9.17) is 13.9 Å². The molecule has 172 valence electrons. The molecule has 0 radical (unpaired) electrons. The molecule has 0 saturated carbocycles. The number of thioether (sulfide) groups is 2. The maximum Gasteiger partial charge on any atom is 0.274 e. The van der Waals surface area contributed by atoms with Crippen LogP contribution in [0.25, 0.3) is 0 Å². The summed E-state index contributed by atoms with van der Waals surface area (Å²) in [6.07, 6.45) is 0.954. The first kappa shape index (κ1) is 25.2. The highest BCUT2D eigenvalue weighted by Crippen LogP contribution is 2.16. The fourth-order valence-corrected chi connectivity index (χ4v) is 4.10. The van der Waals surface area contributed by atoms with E-state index in [0.717, 1.165) is 47.3 Å². The molecule has 0 amide bonds. The average Bonchev–Trinajstić information content (AvgIpc) is 3.35. The summed E-state index contributed by atoms with van der Waals surface area (Å²) in [6, 6.07) is 7.58. The topological polar surface area (TPSA) is 117 Å². The van der Waals surface area contributed by atoms with E-state index in [-0.39, 0.29) is 6.61 Å². The molecule has 0 saturated heterocycles. The predicted molar refractivity (Wildman–Crippen MR) is 124 cm³/mol. The fraction of sp³-hybridized carbons (Fsp3) is 0.500. The highest BCUT2D eigenvalue weighted by Gasteiger charge is 2.06. The smallest absolute Gasteiger partial charge is 0.274 e. The van der Waals surface area contributed by atoms with Crippen LogP contribution in [0, 0.1) is 10.1 Å². The maximum atomic E-state index is 10.9. The Bertz CT molecular complexity index is 822. The van der Waals surface area contributed by atoms with Crippen LogP contribution in [0.4, 0.5) is 0 Å². The number of nitrogens with one attached hydrogen (secondary N) is 2. The van der Waals surface area contributed by atoms with Crippen LogP contribution < -0.4 is 10.6 Å². The molecule has 3 N–H and O–H groups in total. The van der Waals surface area contributed by atoms with Crippen LogP contribution in [0.2, 0.25) is 0 Å². The lowest BCUT2D eigenvalue weighted by atomic mass is 10.4. The molecule has 0 spiro atoms. The van der Waals surface area contributed by atoms with Gasteiger partial charge in [-0.3, -0.25) is 10.1 Å². The Morgan fingerprint density at radius 3 is 2.03 bits per heavy atom. The van der Waals surface area contributed by atoms with Gasteiger partial charge in [0.1, 0.15) is 29.6 Å². The number of nitro groups is 1. The van der Waals surface area contributed by atoms with Crippen molar-refractivity contribution in [3.63, 3.8) is 0 Å². The molecule has 0 aliphatic rings. The van der Waals surface area contributed by atoms with Crippen molar-refractivity contribution >= 4 is 23.5 Å². The predicted octanol–water partition coefficient (Wildman–Crippen LogP) is 2.85. The zero-order valence-electron chi connectivity index (χ0n) is 17.8. The zero-order valence-corrected chi connectivity index (χ0v) is 19.5. The summed E-state index contributed by atoms with van der Waals surface area (Å²) >= 11 is 3.35. The number of rotatable bonds is 16. The third-order valence-corrected chi connectivity index (χ3v) is 5.87. The van der Waals surface area contributed by atoms with Gasteiger partial charge in [0.2, 0.25) is 0 Å². The molecule has 9 nitrogen and oxygen atoms in total. The Morgan fingerprint density at radius 2 is 1.55 bits per heavy atom. The summed E-state index contributed by atoms with van der Waals surface area (Å²) < 4.78 is 11.2. The molecule has 31 heavy (non-hydrogen) atoms. The maximum absolute atomic E-state index is 10.9. The van der Waals surface area contributed by atoms with Crippen molar-refractivity contribution < 1.29 is 18.9 Å². The van der Waals surface area contributed by atoms with Gasteiger partial charge in [-0.25, -0.2) is 0 Å². The summed E-state index contributed by atoms with van der Waals surface area (Å²) in [6.45, 7) is 1.85.